The minimum Gasteiger partial charge on any atom is -0.494 e. The molecule has 2 aliphatic carbocycles. The molecule has 0 radical (unpaired) electrons. The van der Waals surface area contributed by atoms with Gasteiger partial charge in [0.15, 0.2) is 0 Å². The van der Waals surface area contributed by atoms with E-state index in [-0.39, 0.29) is 0 Å². The van der Waals surface area contributed by atoms with E-state index in [9.17, 15) is 0 Å². The molecule has 0 saturated heterocycles. The van der Waals surface area contributed by atoms with E-state index in [0.29, 0.717) is 11.8 Å². The normalized spacial score (nSPS) is 19.8. The third-order valence-electron chi connectivity index (χ3n) is 6.01. The molecule has 3 aromatic carbocycles. The van der Waals surface area contributed by atoms with E-state index in [1.165, 1.54) is 45.1 Å². The third kappa shape index (κ3) is 2.05. The summed E-state index contributed by atoms with van der Waals surface area (Å²) in [5.41, 5.74) is 7.62. The molecule has 0 spiro atoms. The van der Waals surface area contributed by atoms with Crippen molar-refractivity contribution in [3.8, 4) is 5.75 Å². The summed E-state index contributed by atoms with van der Waals surface area (Å²) in [6, 6.07) is 15.2. The fourth-order valence-corrected chi connectivity index (χ4v) is 4.83. The lowest BCUT2D eigenvalue weighted by Gasteiger charge is -2.24. The maximum absolute atomic E-state index is 6.00. The van der Waals surface area contributed by atoms with Gasteiger partial charge in [-0.1, -0.05) is 54.6 Å². The Kier molecular flexibility index (Phi) is 3.36. The van der Waals surface area contributed by atoms with Gasteiger partial charge in [0.2, 0.25) is 0 Å². The second kappa shape index (κ2) is 5.63. The second-order valence-electron chi connectivity index (χ2n) is 7.51. The van der Waals surface area contributed by atoms with Gasteiger partial charge in [0.05, 0.1) is 12.8 Å². The Morgan fingerprint density at radius 1 is 0.808 bits per heavy atom. The predicted molar refractivity (Wildman–Crippen MR) is 109 cm³/mol. The van der Waals surface area contributed by atoms with Gasteiger partial charge < -0.3 is 10.1 Å². The number of nitrogens with one attached hydrogen (secondary N) is 1. The lowest BCUT2D eigenvalue weighted by atomic mass is 9.89. The van der Waals surface area contributed by atoms with E-state index in [1.807, 2.05) is 0 Å². The Morgan fingerprint density at radius 3 is 2.15 bits per heavy atom. The SMILES string of the molecule is COc1c2c(c3ccccc3c1Nc1c(C)cccc1C)[C@@H]1C=C[C@H]2C1. The van der Waals surface area contributed by atoms with Crippen molar-refractivity contribution in [2.24, 2.45) is 0 Å². The van der Waals surface area contributed by atoms with Crippen LogP contribution in [-0.2, 0) is 0 Å². The molecule has 1 N–H and O–H groups in total. The van der Waals surface area contributed by atoms with Gasteiger partial charge in [-0.15, -0.1) is 0 Å². The van der Waals surface area contributed by atoms with Crippen LogP contribution in [0.4, 0.5) is 11.4 Å². The summed E-state index contributed by atoms with van der Waals surface area (Å²) in [4.78, 5) is 0. The number of anilines is 2. The molecule has 5 rings (SSSR count). The Balaban J connectivity index is 1.81. The molecule has 2 aliphatic rings. The second-order valence-corrected chi connectivity index (χ2v) is 7.51. The van der Waals surface area contributed by atoms with Crippen LogP contribution < -0.4 is 10.1 Å². The van der Waals surface area contributed by atoms with Crippen molar-refractivity contribution in [2.75, 3.05) is 12.4 Å². The summed E-state index contributed by atoms with van der Waals surface area (Å²) in [7, 11) is 1.80. The molecule has 2 heteroatoms. The zero-order chi connectivity index (χ0) is 17.8. The average Bonchev–Trinajstić information content (AvgIpc) is 3.27. The molecule has 0 unspecified atom stereocenters. The van der Waals surface area contributed by atoms with Crippen LogP contribution in [0.5, 0.6) is 5.75 Å². The Morgan fingerprint density at radius 2 is 1.46 bits per heavy atom. The Bertz CT molecular complexity index is 1040. The maximum atomic E-state index is 6.00. The van der Waals surface area contributed by atoms with Crippen molar-refractivity contribution < 1.29 is 4.74 Å². The number of ether oxygens (including phenoxy) is 1. The van der Waals surface area contributed by atoms with Gasteiger partial charge in [-0.25, -0.2) is 0 Å². The molecular weight excluding hydrogens is 318 g/mol. The quantitative estimate of drug-likeness (QED) is 0.560. The number of hydrogen-bond acceptors (Lipinski definition) is 2. The van der Waals surface area contributed by atoms with E-state index >= 15 is 0 Å². The highest BCUT2D eigenvalue weighted by Crippen LogP contribution is 2.57. The van der Waals surface area contributed by atoms with Crippen molar-refractivity contribution in [1.29, 1.82) is 0 Å². The minimum absolute atomic E-state index is 0.480. The van der Waals surface area contributed by atoms with Crippen LogP contribution in [0.1, 0.15) is 40.5 Å². The molecule has 2 atom stereocenters. The van der Waals surface area contributed by atoms with Crippen LogP contribution in [0, 0.1) is 13.8 Å². The molecule has 3 aromatic rings. The molecule has 26 heavy (non-hydrogen) atoms. The van der Waals surface area contributed by atoms with Crippen molar-refractivity contribution >= 4 is 22.1 Å². The van der Waals surface area contributed by atoms with E-state index in [0.717, 1.165) is 11.4 Å². The lowest BCUT2D eigenvalue weighted by Crippen LogP contribution is -2.05. The highest BCUT2D eigenvalue weighted by molar-refractivity contribution is 6.03. The van der Waals surface area contributed by atoms with Crippen molar-refractivity contribution in [2.45, 2.75) is 32.1 Å². The molecule has 0 amide bonds. The molecule has 0 saturated carbocycles. The van der Waals surface area contributed by atoms with Gasteiger partial charge in [0, 0.05) is 28.5 Å². The Labute approximate surface area is 154 Å². The number of aryl methyl sites for hydroxylation is 2. The first-order valence-electron chi connectivity index (χ1n) is 9.33. The maximum Gasteiger partial charge on any atom is 0.147 e. The van der Waals surface area contributed by atoms with Crippen LogP contribution in [0.3, 0.4) is 0 Å². The topological polar surface area (TPSA) is 21.3 Å². The van der Waals surface area contributed by atoms with Crippen LogP contribution in [0.15, 0.2) is 54.6 Å². The molecule has 0 heterocycles. The first-order valence-corrected chi connectivity index (χ1v) is 9.33. The number of para-hydroxylation sites is 1. The monoisotopic (exact) mass is 341 g/mol. The van der Waals surface area contributed by atoms with Crippen LogP contribution >= 0.6 is 0 Å². The fourth-order valence-electron chi connectivity index (χ4n) is 4.83. The van der Waals surface area contributed by atoms with E-state index < -0.39 is 0 Å². The average molecular weight is 341 g/mol. The molecule has 0 aromatic heterocycles. The van der Waals surface area contributed by atoms with Gasteiger partial charge in [-0.2, -0.15) is 0 Å². The van der Waals surface area contributed by atoms with Crippen molar-refractivity contribution in [1.82, 2.24) is 0 Å². The summed E-state index contributed by atoms with van der Waals surface area (Å²) in [6.07, 6.45) is 5.91. The highest BCUT2D eigenvalue weighted by atomic mass is 16.5. The first kappa shape index (κ1) is 15.5. The fraction of sp³-hybridized carbons (Fsp3) is 0.250. The number of fused-ring (bicyclic) bond motifs is 7. The molecule has 0 aliphatic heterocycles. The number of methoxy groups -OCH3 is 1. The van der Waals surface area contributed by atoms with Crippen LogP contribution in [0.2, 0.25) is 0 Å². The van der Waals surface area contributed by atoms with Gasteiger partial charge >= 0.3 is 0 Å². The largest absolute Gasteiger partial charge is 0.494 e. The third-order valence-corrected chi connectivity index (χ3v) is 6.01. The summed E-state index contributed by atoms with van der Waals surface area (Å²) in [6.45, 7) is 4.31. The Hall–Kier alpha value is -2.74. The number of rotatable bonds is 3. The number of benzene rings is 3. The van der Waals surface area contributed by atoms with E-state index in [4.69, 9.17) is 4.74 Å². The zero-order valence-corrected chi connectivity index (χ0v) is 15.5. The highest BCUT2D eigenvalue weighted by Gasteiger charge is 2.38. The van der Waals surface area contributed by atoms with Crippen LogP contribution in [-0.4, -0.2) is 7.11 Å². The summed E-state index contributed by atoms with van der Waals surface area (Å²) >= 11 is 0. The van der Waals surface area contributed by atoms with E-state index in [1.54, 1.807) is 7.11 Å². The molecule has 0 fully saturated rings. The lowest BCUT2D eigenvalue weighted by molar-refractivity contribution is 0.411. The smallest absolute Gasteiger partial charge is 0.147 e. The molecule has 130 valence electrons. The van der Waals surface area contributed by atoms with Gasteiger partial charge in [0.25, 0.3) is 0 Å². The van der Waals surface area contributed by atoms with Crippen LogP contribution in [0.25, 0.3) is 10.8 Å². The van der Waals surface area contributed by atoms with Gasteiger partial charge in [-0.3, -0.25) is 0 Å². The standard InChI is InChI=1S/C24H23NO/c1-14-7-6-8-15(2)22(14)25-23-19-10-5-4-9-18(19)20-16-11-12-17(13-16)21(20)24(23)26-3/h4-12,16-17,25H,13H2,1-3H3/t16-,17+/m1/s1. The van der Waals surface area contributed by atoms with Crippen molar-refractivity contribution in [3.05, 3.63) is 76.9 Å². The van der Waals surface area contributed by atoms with E-state index in [2.05, 4.69) is 73.8 Å². The first-order chi connectivity index (χ1) is 12.7. The van der Waals surface area contributed by atoms with Gasteiger partial charge in [0.1, 0.15) is 5.75 Å². The number of allylic oxidation sites excluding steroid dienone is 2. The van der Waals surface area contributed by atoms with Crippen molar-refractivity contribution in [3.63, 3.8) is 0 Å². The molecular formula is C24H23NO. The summed E-state index contributed by atoms with van der Waals surface area (Å²) in [5, 5.41) is 6.34. The molecule has 2 nitrogen and oxygen atoms in total. The summed E-state index contributed by atoms with van der Waals surface area (Å²) < 4.78 is 6.00. The minimum atomic E-state index is 0.480. The zero-order valence-electron chi connectivity index (χ0n) is 15.5. The number of hydrogen-bond donors (Lipinski definition) is 1. The molecule has 2 bridgehead atoms. The van der Waals surface area contributed by atoms with Gasteiger partial charge in [-0.05, 0) is 42.3 Å². The predicted octanol–water partition coefficient (Wildman–Crippen LogP) is 6.35. The summed E-state index contributed by atoms with van der Waals surface area (Å²) in [5.74, 6) is 2.02.